The first kappa shape index (κ1) is 85.1. The van der Waals surface area contributed by atoms with Gasteiger partial charge in [-0.2, -0.15) is 0 Å². The van der Waals surface area contributed by atoms with E-state index in [9.17, 15) is 43.2 Å². The molecule has 0 aliphatic carbocycles. The van der Waals surface area contributed by atoms with E-state index in [1.165, 1.54) is 128 Å². The average Bonchev–Trinajstić information content (AvgIpc) is 3.69. The summed E-state index contributed by atoms with van der Waals surface area (Å²) >= 11 is 0. The van der Waals surface area contributed by atoms with Gasteiger partial charge in [-0.05, 0) is 49.4 Å². The molecule has 0 aromatic rings. The third-order valence-electron chi connectivity index (χ3n) is 15.9. The normalized spacial score (nSPS) is 14.6. The molecule has 3 unspecified atom stereocenters. The van der Waals surface area contributed by atoms with Gasteiger partial charge in [-0.25, -0.2) is 9.13 Å². The molecule has 0 saturated heterocycles. The van der Waals surface area contributed by atoms with E-state index in [-0.39, 0.29) is 25.7 Å². The van der Waals surface area contributed by atoms with Crippen molar-refractivity contribution in [2.75, 3.05) is 39.6 Å². The third-order valence-corrected chi connectivity index (χ3v) is 17.8. The molecule has 0 aliphatic heterocycles. The third kappa shape index (κ3) is 61.3. The summed E-state index contributed by atoms with van der Waals surface area (Å²) in [6.45, 7) is 14.0. The maximum absolute atomic E-state index is 13.0. The van der Waals surface area contributed by atoms with E-state index >= 15 is 0 Å². The molecule has 0 heterocycles. The Kier molecular flexibility index (Phi) is 56.6. The number of rotatable bonds is 65. The van der Waals surface area contributed by atoms with E-state index in [1.807, 2.05) is 0 Å². The van der Waals surface area contributed by atoms with Crippen molar-refractivity contribution in [3.05, 3.63) is 0 Å². The number of hydrogen-bond donors (Lipinski definition) is 3. The molecule has 0 spiro atoms. The molecule has 3 N–H and O–H groups in total. The second kappa shape index (κ2) is 57.9. The fraction of sp³-hybridized carbons (Fsp3) is 0.941. The number of aliphatic hydroxyl groups excluding tert-OH is 1. The van der Waals surface area contributed by atoms with Crippen LogP contribution in [-0.4, -0.2) is 96.7 Å². The summed E-state index contributed by atoms with van der Waals surface area (Å²) in [6.07, 6.45) is 39.1. The summed E-state index contributed by atoms with van der Waals surface area (Å²) < 4.78 is 68.2. The zero-order valence-corrected chi connectivity index (χ0v) is 58.4. The molecule has 0 aliphatic rings. The summed E-state index contributed by atoms with van der Waals surface area (Å²) in [4.78, 5) is 72.4. The van der Waals surface area contributed by atoms with E-state index in [4.69, 9.17) is 37.0 Å². The molecule has 19 heteroatoms. The van der Waals surface area contributed by atoms with E-state index in [2.05, 4.69) is 55.4 Å². The molecule has 87 heavy (non-hydrogen) atoms. The number of phosphoric acid groups is 2. The zero-order valence-electron chi connectivity index (χ0n) is 56.6. The molecular formula is C68H132O17P2. The molecule has 0 bridgehead atoms. The number of ether oxygens (including phenoxy) is 4. The van der Waals surface area contributed by atoms with Crippen molar-refractivity contribution in [1.82, 2.24) is 0 Å². The number of aliphatic hydroxyl groups is 1. The van der Waals surface area contributed by atoms with Crippen molar-refractivity contribution in [3.8, 4) is 0 Å². The van der Waals surface area contributed by atoms with Crippen LogP contribution in [0.5, 0.6) is 0 Å². The zero-order chi connectivity index (χ0) is 64.7. The van der Waals surface area contributed by atoms with Crippen molar-refractivity contribution in [2.45, 2.75) is 350 Å². The van der Waals surface area contributed by atoms with Gasteiger partial charge in [0, 0.05) is 25.7 Å². The maximum atomic E-state index is 13.0. The van der Waals surface area contributed by atoms with Crippen LogP contribution in [0.4, 0.5) is 0 Å². The fourth-order valence-electron chi connectivity index (χ4n) is 10.1. The van der Waals surface area contributed by atoms with E-state index in [1.54, 1.807) is 0 Å². The summed E-state index contributed by atoms with van der Waals surface area (Å²) in [5.41, 5.74) is 0. The van der Waals surface area contributed by atoms with Crippen LogP contribution in [0, 0.1) is 23.7 Å². The number of phosphoric ester groups is 2. The van der Waals surface area contributed by atoms with Gasteiger partial charge < -0.3 is 33.8 Å². The highest BCUT2D eigenvalue weighted by Crippen LogP contribution is 2.45. The second-order valence-electron chi connectivity index (χ2n) is 26.2. The Hall–Kier alpha value is -1.94. The number of hydrogen-bond acceptors (Lipinski definition) is 15. The summed E-state index contributed by atoms with van der Waals surface area (Å²) in [6, 6.07) is 0. The predicted molar refractivity (Wildman–Crippen MR) is 349 cm³/mol. The minimum absolute atomic E-state index is 0.102. The largest absolute Gasteiger partial charge is 0.472 e. The van der Waals surface area contributed by atoms with Gasteiger partial charge >= 0.3 is 39.5 Å². The standard InChI is InChI=1S/C68H132O17P2/c1-9-61(8)47-39-31-26-27-33-41-49-66(71)79-55-64(85-68(73)51-43-35-25-19-22-30-38-46-60(6)7)57-83-87(76,77)81-53-62(69)52-80-86(74,75)82-56-63(54-78-65(70)48-40-32-23-18-17-21-29-37-45-59(4)5)84-67(72)50-42-34-24-16-14-12-10-11-13-15-20-28-36-44-58(2)3/h58-64,69H,9-57H2,1-8H3,(H,74,75)(H,76,77)/t61?,62-,63-,64-/m1/s1. The predicted octanol–water partition coefficient (Wildman–Crippen LogP) is 18.9. The van der Waals surface area contributed by atoms with Crippen LogP contribution < -0.4 is 0 Å². The minimum Gasteiger partial charge on any atom is -0.462 e. The molecular weight excluding hydrogens is 1150 g/mol. The number of carbonyl (C=O) groups is 4. The Morgan fingerprint density at radius 2 is 0.552 bits per heavy atom. The van der Waals surface area contributed by atoms with Crippen LogP contribution in [-0.2, 0) is 65.4 Å². The van der Waals surface area contributed by atoms with Crippen LogP contribution in [0.1, 0.15) is 331 Å². The van der Waals surface area contributed by atoms with Gasteiger partial charge in [-0.15, -0.1) is 0 Å². The van der Waals surface area contributed by atoms with Crippen molar-refractivity contribution in [2.24, 2.45) is 23.7 Å². The van der Waals surface area contributed by atoms with Gasteiger partial charge in [0.15, 0.2) is 12.2 Å². The van der Waals surface area contributed by atoms with Gasteiger partial charge in [-0.1, -0.05) is 280 Å². The Labute approximate surface area is 530 Å². The van der Waals surface area contributed by atoms with Gasteiger partial charge in [0.05, 0.1) is 26.4 Å². The van der Waals surface area contributed by atoms with Crippen LogP contribution in [0.3, 0.4) is 0 Å². The molecule has 0 saturated carbocycles. The lowest BCUT2D eigenvalue weighted by atomic mass is 10.00. The first-order chi connectivity index (χ1) is 41.6. The molecule has 0 radical (unpaired) electrons. The lowest BCUT2D eigenvalue weighted by Gasteiger charge is -2.21. The number of esters is 4. The lowest BCUT2D eigenvalue weighted by molar-refractivity contribution is -0.161. The molecule has 17 nitrogen and oxygen atoms in total. The SMILES string of the molecule is CCC(C)CCCCCCCCC(=O)OC[C@H](COP(=O)(O)OC[C@H](O)COP(=O)(O)OC[C@@H](COC(=O)CCCCCCCCCCC(C)C)OC(=O)CCCCCCCCCCCCCCCC(C)C)OC(=O)CCCCCCCCCC(C)C. The molecule has 0 fully saturated rings. The number of carbonyl (C=O) groups excluding carboxylic acids is 4. The van der Waals surface area contributed by atoms with E-state index in [0.717, 1.165) is 114 Å². The molecule has 516 valence electrons. The van der Waals surface area contributed by atoms with Crippen LogP contribution in [0.25, 0.3) is 0 Å². The first-order valence-electron chi connectivity index (χ1n) is 35.2. The smallest absolute Gasteiger partial charge is 0.462 e. The monoisotopic (exact) mass is 1280 g/mol. The topological polar surface area (TPSA) is 237 Å². The van der Waals surface area contributed by atoms with E-state index < -0.39 is 97.5 Å². The fourth-order valence-corrected chi connectivity index (χ4v) is 11.7. The Bertz CT molecular complexity index is 1730. The summed E-state index contributed by atoms with van der Waals surface area (Å²) in [5, 5.41) is 10.6. The van der Waals surface area contributed by atoms with Gasteiger partial charge in [0.25, 0.3) is 0 Å². The van der Waals surface area contributed by atoms with E-state index in [0.29, 0.717) is 31.6 Å². The van der Waals surface area contributed by atoms with Gasteiger partial charge in [0.1, 0.15) is 19.3 Å². The summed E-state index contributed by atoms with van der Waals surface area (Å²) in [7, 11) is -9.90. The van der Waals surface area contributed by atoms with Gasteiger partial charge in [0.2, 0.25) is 0 Å². The second-order valence-corrected chi connectivity index (χ2v) is 29.1. The maximum Gasteiger partial charge on any atom is 0.472 e. The molecule has 0 rings (SSSR count). The lowest BCUT2D eigenvalue weighted by Crippen LogP contribution is -2.30. The highest BCUT2D eigenvalue weighted by molar-refractivity contribution is 7.47. The van der Waals surface area contributed by atoms with Crippen LogP contribution in [0.15, 0.2) is 0 Å². The Balaban J connectivity index is 5.24. The first-order valence-corrected chi connectivity index (χ1v) is 38.2. The summed E-state index contributed by atoms with van der Waals surface area (Å²) in [5.74, 6) is 0.804. The van der Waals surface area contributed by atoms with Crippen LogP contribution >= 0.6 is 15.6 Å². The van der Waals surface area contributed by atoms with Crippen molar-refractivity contribution in [1.29, 1.82) is 0 Å². The molecule has 0 aromatic carbocycles. The molecule has 0 amide bonds. The minimum atomic E-state index is -4.95. The average molecular weight is 1280 g/mol. The van der Waals surface area contributed by atoms with Crippen LogP contribution in [0.2, 0.25) is 0 Å². The molecule has 0 aromatic heterocycles. The van der Waals surface area contributed by atoms with Crippen molar-refractivity contribution in [3.63, 3.8) is 0 Å². The van der Waals surface area contributed by atoms with Gasteiger partial charge in [-0.3, -0.25) is 37.3 Å². The van der Waals surface area contributed by atoms with Crippen molar-refractivity contribution >= 4 is 39.5 Å². The quantitative estimate of drug-likeness (QED) is 0.0222. The highest BCUT2D eigenvalue weighted by atomic mass is 31.2. The molecule has 6 atom stereocenters. The Morgan fingerprint density at radius 1 is 0.322 bits per heavy atom. The highest BCUT2D eigenvalue weighted by Gasteiger charge is 2.30. The number of unbranched alkanes of at least 4 members (excludes halogenated alkanes) is 30. The Morgan fingerprint density at radius 3 is 0.816 bits per heavy atom. The van der Waals surface area contributed by atoms with Crippen molar-refractivity contribution < 1.29 is 80.2 Å².